The molecule has 1 fully saturated rings. The van der Waals surface area contributed by atoms with Gasteiger partial charge in [-0.2, -0.15) is 0 Å². The summed E-state index contributed by atoms with van der Waals surface area (Å²) in [6, 6.07) is 1.21. The Morgan fingerprint density at radius 3 is 2.29 bits per heavy atom. The minimum atomic E-state index is 0.236. The Bertz CT molecular complexity index is 153. The third-order valence-electron chi connectivity index (χ3n) is 3.22. The summed E-state index contributed by atoms with van der Waals surface area (Å²) in [5, 5.41) is 12.7. The smallest absolute Gasteiger partial charge is 0.0587 e. The lowest BCUT2D eigenvalue weighted by molar-refractivity contribution is 0.185. The van der Waals surface area contributed by atoms with Gasteiger partial charge in [0, 0.05) is 18.1 Å². The van der Waals surface area contributed by atoms with Crippen molar-refractivity contribution in [1.82, 2.24) is 5.32 Å². The predicted octanol–water partition coefficient (Wildman–Crippen LogP) is 0.863. The molecule has 1 unspecified atom stereocenters. The van der Waals surface area contributed by atoms with E-state index in [-0.39, 0.29) is 12.6 Å². The van der Waals surface area contributed by atoms with Crippen LogP contribution in [-0.4, -0.2) is 29.8 Å². The van der Waals surface area contributed by atoms with Crippen LogP contribution in [0.1, 0.15) is 39.5 Å². The molecule has 1 rings (SSSR count). The summed E-state index contributed by atoms with van der Waals surface area (Å²) >= 11 is 0. The number of rotatable bonds is 4. The molecule has 1 aliphatic rings. The van der Waals surface area contributed by atoms with E-state index in [0.717, 1.165) is 25.7 Å². The standard InChI is InChI=1S/C11H24N2O/c1-8(2)11(7-14)13-10-5-3-9(12)4-6-10/h8-11,13-14H,3-7,12H2,1-2H3. The summed E-state index contributed by atoms with van der Waals surface area (Å²) in [7, 11) is 0. The SMILES string of the molecule is CC(C)C(CO)NC1CCC(N)CC1. The zero-order chi connectivity index (χ0) is 10.6. The molecule has 0 bridgehead atoms. The van der Waals surface area contributed by atoms with Crippen molar-refractivity contribution in [3.8, 4) is 0 Å². The van der Waals surface area contributed by atoms with E-state index in [0.29, 0.717) is 18.0 Å². The molecular weight excluding hydrogens is 176 g/mol. The van der Waals surface area contributed by atoms with Crippen LogP contribution in [0, 0.1) is 5.92 Å². The zero-order valence-electron chi connectivity index (χ0n) is 9.37. The van der Waals surface area contributed by atoms with Gasteiger partial charge < -0.3 is 16.2 Å². The largest absolute Gasteiger partial charge is 0.395 e. The monoisotopic (exact) mass is 200 g/mol. The lowest BCUT2D eigenvalue weighted by atomic mass is 9.90. The molecule has 0 aromatic carbocycles. The molecule has 0 heterocycles. The molecule has 0 aromatic rings. The van der Waals surface area contributed by atoms with E-state index in [1.165, 1.54) is 0 Å². The molecule has 0 saturated heterocycles. The van der Waals surface area contributed by atoms with Crippen molar-refractivity contribution < 1.29 is 5.11 Å². The molecular formula is C11H24N2O. The zero-order valence-corrected chi connectivity index (χ0v) is 9.37. The fourth-order valence-electron chi connectivity index (χ4n) is 2.04. The highest BCUT2D eigenvalue weighted by molar-refractivity contribution is 4.82. The molecule has 14 heavy (non-hydrogen) atoms. The lowest BCUT2D eigenvalue weighted by Crippen LogP contribution is -2.46. The van der Waals surface area contributed by atoms with Crippen molar-refractivity contribution in [1.29, 1.82) is 0 Å². The van der Waals surface area contributed by atoms with E-state index < -0.39 is 0 Å². The third kappa shape index (κ3) is 3.56. The third-order valence-corrected chi connectivity index (χ3v) is 3.22. The van der Waals surface area contributed by atoms with Crippen molar-refractivity contribution in [2.24, 2.45) is 11.7 Å². The fourth-order valence-corrected chi connectivity index (χ4v) is 2.04. The van der Waals surface area contributed by atoms with Crippen LogP contribution >= 0.6 is 0 Å². The van der Waals surface area contributed by atoms with Crippen LogP contribution < -0.4 is 11.1 Å². The lowest BCUT2D eigenvalue weighted by Gasteiger charge is -2.31. The average Bonchev–Trinajstić information content (AvgIpc) is 2.16. The molecule has 0 amide bonds. The van der Waals surface area contributed by atoms with E-state index >= 15 is 0 Å². The normalized spacial score (nSPS) is 30.6. The van der Waals surface area contributed by atoms with Gasteiger partial charge in [-0.05, 0) is 31.6 Å². The van der Waals surface area contributed by atoms with Gasteiger partial charge in [0.15, 0.2) is 0 Å². The molecule has 3 heteroatoms. The van der Waals surface area contributed by atoms with Crippen molar-refractivity contribution in [3.63, 3.8) is 0 Å². The van der Waals surface area contributed by atoms with Crippen LogP contribution in [0.3, 0.4) is 0 Å². The first-order chi connectivity index (χ1) is 6.63. The predicted molar refractivity (Wildman–Crippen MR) is 59.1 cm³/mol. The molecule has 1 atom stereocenters. The minimum Gasteiger partial charge on any atom is -0.395 e. The van der Waals surface area contributed by atoms with Gasteiger partial charge in [0.1, 0.15) is 0 Å². The Labute approximate surface area is 87.1 Å². The van der Waals surface area contributed by atoms with Gasteiger partial charge in [-0.1, -0.05) is 13.8 Å². The highest BCUT2D eigenvalue weighted by atomic mass is 16.3. The summed E-state index contributed by atoms with van der Waals surface area (Å²) in [6.07, 6.45) is 4.55. The summed E-state index contributed by atoms with van der Waals surface area (Å²) in [6.45, 7) is 4.52. The topological polar surface area (TPSA) is 58.3 Å². The van der Waals surface area contributed by atoms with Gasteiger partial charge in [-0.3, -0.25) is 0 Å². The quantitative estimate of drug-likeness (QED) is 0.631. The Hall–Kier alpha value is -0.120. The van der Waals surface area contributed by atoms with Crippen LogP contribution in [0.4, 0.5) is 0 Å². The molecule has 0 aliphatic heterocycles. The second-order valence-corrected chi connectivity index (χ2v) is 4.81. The van der Waals surface area contributed by atoms with Gasteiger partial charge in [0.25, 0.3) is 0 Å². The fraction of sp³-hybridized carbons (Fsp3) is 1.00. The second-order valence-electron chi connectivity index (χ2n) is 4.81. The number of nitrogens with two attached hydrogens (primary N) is 1. The first-order valence-corrected chi connectivity index (χ1v) is 5.76. The number of hydrogen-bond donors (Lipinski definition) is 3. The number of aliphatic hydroxyl groups is 1. The molecule has 4 N–H and O–H groups in total. The molecule has 0 spiro atoms. The van der Waals surface area contributed by atoms with Gasteiger partial charge in [-0.15, -0.1) is 0 Å². The van der Waals surface area contributed by atoms with Gasteiger partial charge in [-0.25, -0.2) is 0 Å². The van der Waals surface area contributed by atoms with E-state index in [1.54, 1.807) is 0 Å². The summed E-state index contributed by atoms with van der Waals surface area (Å²) in [5.74, 6) is 0.496. The van der Waals surface area contributed by atoms with E-state index in [1.807, 2.05) is 0 Å². The van der Waals surface area contributed by atoms with E-state index in [9.17, 15) is 5.11 Å². The van der Waals surface area contributed by atoms with Crippen LogP contribution in [0.25, 0.3) is 0 Å². The van der Waals surface area contributed by atoms with Gasteiger partial charge >= 0.3 is 0 Å². The average molecular weight is 200 g/mol. The molecule has 1 saturated carbocycles. The maximum absolute atomic E-state index is 9.19. The summed E-state index contributed by atoms with van der Waals surface area (Å²) in [5.41, 5.74) is 5.84. The Kier molecular flexibility index (Phi) is 4.85. The highest BCUT2D eigenvalue weighted by Gasteiger charge is 2.22. The van der Waals surface area contributed by atoms with Crippen LogP contribution in [0.15, 0.2) is 0 Å². The first kappa shape index (κ1) is 12.0. The number of nitrogens with one attached hydrogen (secondary N) is 1. The van der Waals surface area contributed by atoms with Crippen LogP contribution in [-0.2, 0) is 0 Å². The van der Waals surface area contributed by atoms with Gasteiger partial charge in [0.2, 0.25) is 0 Å². The second kappa shape index (κ2) is 5.69. The number of hydrogen-bond acceptors (Lipinski definition) is 3. The minimum absolute atomic E-state index is 0.236. The van der Waals surface area contributed by atoms with Crippen molar-refractivity contribution >= 4 is 0 Å². The highest BCUT2D eigenvalue weighted by Crippen LogP contribution is 2.18. The summed E-state index contributed by atoms with van der Waals surface area (Å²) < 4.78 is 0. The Balaban J connectivity index is 2.29. The first-order valence-electron chi connectivity index (χ1n) is 5.76. The van der Waals surface area contributed by atoms with Crippen molar-refractivity contribution in [2.45, 2.75) is 57.7 Å². The van der Waals surface area contributed by atoms with Crippen LogP contribution in [0.5, 0.6) is 0 Å². The van der Waals surface area contributed by atoms with Crippen molar-refractivity contribution in [2.75, 3.05) is 6.61 Å². The van der Waals surface area contributed by atoms with E-state index in [2.05, 4.69) is 19.2 Å². The molecule has 84 valence electrons. The van der Waals surface area contributed by atoms with Crippen molar-refractivity contribution in [3.05, 3.63) is 0 Å². The maximum atomic E-state index is 9.19. The summed E-state index contributed by atoms with van der Waals surface area (Å²) in [4.78, 5) is 0. The molecule has 3 nitrogen and oxygen atoms in total. The van der Waals surface area contributed by atoms with Crippen LogP contribution in [0.2, 0.25) is 0 Å². The molecule has 0 aromatic heterocycles. The number of aliphatic hydroxyl groups excluding tert-OH is 1. The van der Waals surface area contributed by atoms with E-state index in [4.69, 9.17) is 5.73 Å². The molecule has 0 radical (unpaired) electrons. The Morgan fingerprint density at radius 2 is 1.86 bits per heavy atom. The maximum Gasteiger partial charge on any atom is 0.0587 e. The van der Waals surface area contributed by atoms with Gasteiger partial charge in [0.05, 0.1) is 6.61 Å². The Morgan fingerprint density at radius 1 is 1.29 bits per heavy atom. The molecule has 1 aliphatic carbocycles.